The van der Waals surface area contributed by atoms with Crippen molar-refractivity contribution in [2.24, 2.45) is 0 Å². The van der Waals surface area contributed by atoms with Crippen LogP contribution in [0.25, 0.3) is 0 Å². The molecule has 0 aromatic heterocycles. The predicted molar refractivity (Wildman–Crippen MR) is 78.9 cm³/mol. The molecule has 0 radical (unpaired) electrons. The molecule has 0 rings (SSSR count). The largest absolute Gasteiger partial charge is 0.463 e. The zero-order chi connectivity index (χ0) is 16.5. The molecular weight excluding hydrogens is 274 g/mol. The predicted octanol–water partition coefficient (Wildman–Crippen LogP) is 2.59. The van der Waals surface area contributed by atoms with Crippen LogP contribution in [0.4, 0.5) is 4.79 Å². The molecule has 0 unspecified atom stereocenters. The van der Waals surface area contributed by atoms with Gasteiger partial charge in [-0.25, -0.2) is 4.79 Å². The number of carbonyl (C=O) groups excluding carboxylic acids is 3. The first-order chi connectivity index (χ1) is 9.62. The summed E-state index contributed by atoms with van der Waals surface area (Å²) in [6.45, 7) is 8.47. The van der Waals surface area contributed by atoms with Gasteiger partial charge in [0.05, 0.1) is 0 Å². The summed E-state index contributed by atoms with van der Waals surface area (Å²) in [4.78, 5) is 34.3. The number of carbonyl (C=O) groups is 3. The van der Waals surface area contributed by atoms with E-state index in [1.54, 1.807) is 20.8 Å². The highest BCUT2D eigenvalue weighted by Gasteiger charge is 2.30. The van der Waals surface area contributed by atoms with Crippen molar-refractivity contribution < 1.29 is 23.9 Å². The average molecular weight is 301 g/mol. The maximum absolute atomic E-state index is 11.7. The lowest BCUT2D eigenvalue weighted by atomic mass is 10.1. The Morgan fingerprint density at radius 3 is 2.24 bits per heavy atom. The molecular formula is C15H27NO5. The molecule has 21 heavy (non-hydrogen) atoms. The van der Waals surface area contributed by atoms with Gasteiger partial charge in [0, 0.05) is 6.42 Å². The number of aldehydes is 1. The first-order valence-corrected chi connectivity index (χ1v) is 7.25. The maximum atomic E-state index is 11.7. The van der Waals surface area contributed by atoms with Crippen molar-refractivity contribution in [2.75, 3.05) is 6.61 Å². The molecule has 6 nitrogen and oxygen atoms in total. The fourth-order valence-corrected chi connectivity index (χ4v) is 1.46. The number of ether oxygens (including phenoxy) is 2. The van der Waals surface area contributed by atoms with Gasteiger partial charge >= 0.3 is 12.1 Å². The van der Waals surface area contributed by atoms with Gasteiger partial charge in [0.2, 0.25) is 0 Å². The smallest absolute Gasteiger partial charge is 0.408 e. The molecule has 0 fully saturated rings. The summed E-state index contributed by atoms with van der Waals surface area (Å²) < 4.78 is 10.1. The Morgan fingerprint density at radius 1 is 1.14 bits per heavy atom. The SMILES string of the molecule is CCCCCC(=O)OC[C@](C)(C=O)NC(=O)OC(C)(C)C. The third-order valence-electron chi connectivity index (χ3n) is 2.56. The topological polar surface area (TPSA) is 81.7 Å². The van der Waals surface area contributed by atoms with Crippen LogP contribution in [-0.2, 0) is 19.1 Å². The minimum atomic E-state index is -1.29. The summed E-state index contributed by atoms with van der Waals surface area (Å²) in [5.41, 5.74) is -1.95. The van der Waals surface area contributed by atoms with Gasteiger partial charge in [-0.1, -0.05) is 19.8 Å². The Kier molecular flexibility index (Phi) is 7.99. The number of alkyl carbamates (subject to hydrolysis) is 1. The van der Waals surface area contributed by atoms with E-state index in [9.17, 15) is 14.4 Å². The van der Waals surface area contributed by atoms with Gasteiger partial charge in [-0.15, -0.1) is 0 Å². The summed E-state index contributed by atoms with van der Waals surface area (Å²) in [6.07, 6.45) is 2.85. The Hall–Kier alpha value is -1.59. The summed E-state index contributed by atoms with van der Waals surface area (Å²) in [6, 6.07) is 0. The minimum Gasteiger partial charge on any atom is -0.463 e. The number of rotatable bonds is 8. The quantitative estimate of drug-likeness (QED) is 0.423. The number of amides is 1. The fraction of sp³-hybridized carbons (Fsp3) is 0.800. The molecule has 0 heterocycles. The summed E-state index contributed by atoms with van der Waals surface area (Å²) in [5, 5.41) is 2.42. The van der Waals surface area contributed by atoms with E-state index in [1.807, 2.05) is 6.92 Å². The molecule has 0 saturated heterocycles. The lowest BCUT2D eigenvalue weighted by Crippen LogP contribution is -2.52. The van der Waals surface area contributed by atoms with Crippen LogP contribution in [0.15, 0.2) is 0 Å². The van der Waals surface area contributed by atoms with Crippen molar-refractivity contribution in [3.63, 3.8) is 0 Å². The maximum Gasteiger partial charge on any atom is 0.408 e. The first kappa shape index (κ1) is 19.4. The van der Waals surface area contributed by atoms with Crippen LogP contribution in [0.1, 0.15) is 60.3 Å². The molecule has 0 aromatic rings. The molecule has 0 aliphatic rings. The number of esters is 1. The van der Waals surface area contributed by atoms with Crippen molar-refractivity contribution in [1.29, 1.82) is 0 Å². The van der Waals surface area contributed by atoms with E-state index in [0.29, 0.717) is 12.7 Å². The molecule has 0 aliphatic heterocycles. The Bertz CT molecular complexity index is 362. The Balaban J connectivity index is 4.30. The summed E-state index contributed by atoms with van der Waals surface area (Å²) >= 11 is 0. The fourth-order valence-electron chi connectivity index (χ4n) is 1.46. The monoisotopic (exact) mass is 301 g/mol. The normalized spacial score (nSPS) is 14.0. The van der Waals surface area contributed by atoms with Crippen molar-refractivity contribution in [1.82, 2.24) is 5.32 Å². The van der Waals surface area contributed by atoms with E-state index < -0.39 is 17.2 Å². The second-order valence-electron chi connectivity index (χ2n) is 6.28. The Morgan fingerprint density at radius 2 is 1.76 bits per heavy atom. The second-order valence-corrected chi connectivity index (χ2v) is 6.28. The van der Waals surface area contributed by atoms with Gasteiger partial charge in [-0.2, -0.15) is 0 Å². The molecule has 6 heteroatoms. The minimum absolute atomic E-state index is 0.208. The highest BCUT2D eigenvalue weighted by molar-refractivity contribution is 5.77. The standard InChI is InChI=1S/C15H27NO5/c1-6-7-8-9-12(18)20-11-15(5,10-17)16-13(19)21-14(2,3)4/h10H,6-9,11H2,1-5H3,(H,16,19)/t15-/m0/s1. The molecule has 0 aromatic carbocycles. The van der Waals surface area contributed by atoms with E-state index >= 15 is 0 Å². The number of unbranched alkanes of at least 4 members (excludes halogenated alkanes) is 2. The van der Waals surface area contributed by atoms with Gasteiger partial charge in [0.15, 0.2) is 0 Å². The summed E-state index contributed by atoms with van der Waals surface area (Å²) in [5.74, 6) is -0.373. The first-order valence-electron chi connectivity index (χ1n) is 7.25. The third kappa shape index (κ3) is 9.87. The van der Waals surface area contributed by atoms with E-state index in [1.165, 1.54) is 6.92 Å². The molecule has 0 bridgehead atoms. The lowest BCUT2D eigenvalue weighted by molar-refractivity contribution is -0.146. The van der Waals surface area contributed by atoms with E-state index in [4.69, 9.17) is 9.47 Å². The third-order valence-corrected chi connectivity index (χ3v) is 2.56. The van der Waals surface area contributed by atoms with E-state index in [2.05, 4.69) is 5.32 Å². The van der Waals surface area contributed by atoms with Gasteiger partial charge < -0.3 is 19.6 Å². The van der Waals surface area contributed by atoms with Crippen LogP contribution < -0.4 is 5.32 Å². The van der Waals surface area contributed by atoms with Crippen LogP contribution in [0.5, 0.6) is 0 Å². The zero-order valence-electron chi connectivity index (χ0n) is 13.7. The van der Waals surface area contributed by atoms with Crippen molar-refractivity contribution >= 4 is 18.3 Å². The van der Waals surface area contributed by atoms with Gasteiger partial charge in [0.1, 0.15) is 24.0 Å². The van der Waals surface area contributed by atoms with Crippen molar-refractivity contribution in [3.8, 4) is 0 Å². The summed E-state index contributed by atoms with van der Waals surface area (Å²) in [7, 11) is 0. The molecule has 122 valence electrons. The highest BCUT2D eigenvalue weighted by atomic mass is 16.6. The van der Waals surface area contributed by atoms with Gasteiger partial charge in [-0.05, 0) is 34.1 Å². The van der Waals surface area contributed by atoms with Gasteiger partial charge in [0.25, 0.3) is 0 Å². The average Bonchev–Trinajstić information content (AvgIpc) is 2.34. The molecule has 1 N–H and O–H groups in total. The Labute approximate surface area is 126 Å². The number of hydrogen-bond donors (Lipinski definition) is 1. The molecule has 0 aliphatic carbocycles. The lowest BCUT2D eigenvalue weighted by Gasteiger charge is -2.27. The van der Waals surface area contributed by atoms with Crippen LogP contribution in [0.2, 0.25) is 0 Å². The van der Waals surface area contributed by atoms with Crippen LogP contribution in [0, 0.1) is 0 Å². The van der Waals surface area contributed by atoms with Crippen LogP contribution in [-0.4, -0.2) is 36.1 Å². The second kappa shape index (κ2) is 8.64. The molecule has 0 spiro atoms. The highest BCUT2D eigenvalue weighted by Crippen LogP contribution is 2.10. The van der Waals surface area contributed by atoms with Crippen LogP contribution in [0.3, 0.4) is 0 Å². The molecule has 0 saturated carbocycles. The van der Waals surface area contributed by atoms with Crippen molar-refractivity contribution in [2.45, 2.75) is 71.4 Å². The number of nitrogens with one attached hydrogen (secondary N) is 1. The van der Waals surface area contributed by atoms with E-state index in [-0.39, 0.29) is 12.6 Å². The van der Waals surface area contributed by atoms with E-state index in [0.717, 1.165) is 19.3 Å². The van der Waals surface area contributed by atoms with Crippen molar-refractivity contribution in [3.05, 3.63) is 0 Å². The molecule has 1 atom stereocenters. The molecule has 1 amide bonds. The zero-order valence-corrected chi connectivity index (χ0v) is 13.7. The van der Waals surface area contributed by atoms with Crippen LogP contribution >= 0.6 is 0 Å². The van der Waals surface area contributed by atoms with Gasteiger partial charge in [-0.3, -0.25) is 4.79 Å². The number of hydrogen-bond acceptors (Lipinski definition) is 5.